The van der Waals surface area contributed by atoms with Crippen LogP contribution in [0.15, 0.2) is 70.3 Å². The van der Waals surface area contributed by atoms with Gasteiger partial charge in [-0.15, -0.1) is 11.3 Å². The van der Waals surface area contributed by atoms with Crippen molar-refractivity contribution in [2.75, 3.05) is 11.4 Å². The molecule has 1 aromatic heterocycles. The van der Waals surface area contributed by atoms with Gasteiger partial charge in [-0.3, -0.25) is 9.10 Å². The topological polar surface area (TPSA) is 66.5 Å². The molecule has 0 radical (unpaired) electrons. The molecule has 5 nitrogen and oxygen atoms in total. The van der Waals surface area contributed by atoms with Crippen LogP contribution in [0.2, 0.25) is 0 Å². The summed E-state index contributed by atoms with van der Waals surface area (Å²) in [5, 5.41) is 4.71. The fourth-order valence-corrected chi connectivity index (χ4v) is 5.29. The van der Waals surface area contributed by atoms with Crippen molar-refractivity contribution in [2.24, 2.45) is 0 Å². The maximum absolute atomic E-state index is 12.6. The molecule has 0 bridgehead atoms. The van der Waals surface area contributed by atoms with Crippen molar-refractivity contribution in [1.82, 2.24) is 5.32 Å². The molecule has 0 aliphatic carbocycles. The number of nitrogens with one attached hydrogen (secondary N) is 1. The fraction of sp³-hybridized carbons (Fsp3) is 0.190. The number of carbonyl (C=O) groups excluding carboxylic acids is 1. The minimum Gasteiger partial charge on any atom is -0.346 e. The van der Waals surface area contributed by atoms with Gasteiger partial charge in [0.15, 0.2) is 0 Å². The molecule has 0 aliphatic rings. The van der Waals surface area contributed by atoms with Crippen molar-refractivity contribution in [1.29, 1.82) is 0 Å². The molecule has 3 rings (SSSR count). The molecule has 0 unspecified atom stereocenters. The molecular weight excluding hydrogens is 392 g/mol. The zero-order valence-electron chi connectivity index (χ0n) is 15.9. The van der Waals surface area contributed by atoms with Crippen molar-refractivity contribution in [3.05, 3.63) is 82.7 Å². The third kappa shape index (κ3) is 4.10. The summed E-state index contributed by atoms with van der Waals surface area (Å²) in [5.41, 5.74) is 3.16. The second kappa shape index (κ2) is 8.16. The van der Waals surface area contributed by atoms with Crippen LogP contribution in [0.1, 0.15) is 34.5 Å². The summed E-state index contributed by atoms with van der Waals surface area (Å²) in [5.74, 6) is -0.203. The van der Waals surface area contributed by atoms with E-state index in [1.165, 1.54) is 22.7 Å². The van der Waals surface area contributed by atoms with Crippen molar-refractivity contribution in [3.63, 3.8) is 0 Å². The van der Waals surface area contributed by atoms with E-state index in [-0.39, 0.29) is 16.2 Å². The number of aryl methyl sites for hydroxylation is 1. The average Bonchev–Trinajstić information content (AvgIpc) is 3.23. The summed E-state index contributed by atoms with van der Waals surface area (Å²) in [6, 6.07) is 17.6. The highest BCUT2D eigenvalue weighted by atomic mass is 32.2. The molecule has 0 saturated heterocycles. The van der Waals surface area contributed by atoms with Crippen LogP contribution in [0.25, 0.3) is 0 Å². The van der Waals surface area contributed by atoms with Crippen LogP contribution in [-0.4, -0.2) is 21.4 Å². The van der Waals surface area contributed by atoms with Crippen LogP contribution < -0.4 is 9.62 Å². The van der Waals surface area contributed by atoms with Gasteiger partial charge in [0.25, 0.3) is 15.9 Å². The van der Waals surface area contributed by atoms with Gasteiger partial charge in [-0.2, -0.15) is 0 Å². The lowest BCUT2D eigenvalue weighted by Gasteiger charge is -2.19. The summed E-state index contributed by atoms with van der Waals surface area (Å²) >= 11 is 1.17. The van der Waals surface area contributed by atoms with Crippen molar-refractivity contribution in [2.45, 2.75) is 24.1 Å². The molecule has 7 heteroatoms. The molecule has 1 atom stereocenters. The Morgan fingerprint density at radius 2 is 1.71 bits per heavy atom. The largest absolute Gasteiger partial charge is 0.346 e. The third-order valence-electron chi connectivity index (χ3n) is 4.61. The van der Waals surface area contributed by atoms with Gasteiger partial charge >= 0.3 is 0 Å². The van der Waals surface area contributed by atoms with Crippen LogP contribution >= 0.6 is 11.3 Å². The Hall–Kier alpha value is -2.64. The summed E-state index contributed by atoms with van der Waals surface area (Å²) < 4.78 is 26.7. The Morgan fingerprint density at radius 3 is 2.32 bits per heavy atom. The van der Waals surface area contributed by atoms with E-state index >= 15 is 0 Å². The molecule has 0 aliphatic heterocycles. The summed E-state index contributed by atoms with van der Waals surface area (Å²) in [6.45, 7) is 3.95. The number of hydrogen-bond acceptors (Lipinski definition) is 4. The predicted octanol–water partition coefficient (Wildman–Crippen LogP) is 4.37. The lowest BCUT2D eigenvalue weighted by Crippen LogP contribution is -2.28. The van der Waals surface area contributed by atoms with Gasteiger partial charge in [0.05, 0.1) is 11.7 Å². The zero-order chi connectivity index (χ0) is 20.3. The van der Waals surface area contributed by atoms with Crippen LogP contribution in [0.5, 0.6) is 0 Å². The van der Waals surface area contributed by atoms with Crippen molar-refractivity contribution in [3.8, 4) is 0 Å². The molecule has 1 amide bonds. The summed E-state index contributed by atoms with van der Waals surface area (Å²) in [4.78, 5) is 12.6. The first-order chi connectivity index (χ1) is 13.3. The van der Waals surface area contributed by atoms with E-state index < -0.39 is 10.0 Å². The second-order valence-corrected chi connectivity index (χ2v) is 9.65. The summed E-state index contributed by atoms with van der Waals surface area (Å²) in [6.07, 6.45) is 0. The van der Waals surface area contributed by atoms with E-state index in [1.54, 1.807) is 41.8 Å². The molecule has 1 N–H and O–H groups in total. The number of sulfonamides is 1. The van der Waals surface area contributed by atoms with Crippen molar-refractivity contribution < 1.29 is 13.2 Å². The summed E-state index contributed by atoms with van der Waals surface area (Å²) in [7, 11) is -2.09. The van der Waals surface area contributed by atoms with Gasteiger partial charge < -0.3 is 5.32 Å². The van der Waals surface area contributed by atoms with E-state index in [4.69, 9.17) is 0 Å². The Kier molecular flexibility index (Phi) is 5.86. The van der Waals surface area contributed by atoms with E-state index in [9.17, 15) is 13.2 Å². The molecule has 146 valence electrons. The fourth-order valence-electron chi connectivity index (χ4n) is 2.94. The van der Waals surface area contributed by atoms with Gasteiger partial charge in [-0.05, 0) is 60.7 Å². The monoisotopic (exact) mass is 414 g/mol. The number of hydrogen-bond donors (Lipinski definition) is 1. The normalized spacial score (nSPS) is 12.4. The average molecular weight is 415 g/mol. The number of anilines is 1. The van der Waals surface area contributed by atoms with E-state index in [0.717, 1.165) is 11.1 Å². The standard InChI is InChI=1S/C21H22N2O3S2/c1-15-7-4-5-8-19(15)16(2)22-21(24)17-10-12-18(13-11-17)23(3)28(25,26)20-9-6-14-27-20/h4-14,16H,1-3H3,(H,22,24)/t16-/m1/s1. The first kappa shape index (κ1) is 20.1. The Balaban J connectivity index is 1.73. The molecule has 0 spiro atoms. The van der Waals surface area contributed by atoms with Crippen molar-refractivity contribution >= 4 is 33.0 Å². The lowest BCUT2D eigenvalue weighted by molar-refractivity contribution is 0.0940. The first-order valence-corrected chi connectivity index (χ1v) is 11.1. The van der Waals surface area contributed by atoms with Gasteiger partial charge in [0, 0.05) is 12.6 Å². The van der Waals surface area contributed by atoms with Gasteiger partial charge in [0.2, 0.25) is 0 Å². The molecule has 28 heavy (non-hydrogen) atoms. The van der Waals surface area contributed by atoms with E-state index in [2.05, 4.69) is 5.32 Å². The van der Waals surface area contributed by atoms with E-state index in [1.807, 2.05) is 38.1 Å². The highest BCUT2D eigenvalue weighted by molar-refractivity contribution is 7.94. The maximum atomic E-state index is 12.6. The molecule has 0 fully saturated rings. The number of amides is 1. The van der Waals surface area contributed by atoms with Gasteiger partial charge in [-0.25, -0.2) is 8.42 Å². The Morgan fingerprint density at radius 1 is 1.04 bits per heavy atom. The van der Waals surface area contributed by atoms with E-state index in [0.29, 0.717) is 11.3 Å². The molecule has 1 heterocycles. The van der Waals surface area contributed by atoms with Crippen LogP contribution in [-0.2, 0) is 10.0 Å². The molecular formula is C21H22N2O3S2. The first-order valence-electron chi connectivity index (χ1n) is 8.79. The minimum atomic E-state index is -3.59. The highest BCUT2D eigenvalue weighted by Crippen LogP contribution is 2.25. The smallest absolute Gasteiger partial charge is 0.273 e. The Bertz CT molecular complexity index is 1060. The quantitative estimate of drug-likeness (QED) is 0.651. The van der Waals surface area contributed by atoms with Crippen LogP contribution in [0.4, 0.5) is 5.69 Å². The van der Waals surface area contributed by atoms with Crippen LogP contribution in [0, 0.1) is 6.92 Å². The number of carbonyl (C=O) groups is 1. The van der Waals surface area contributed by atoms with Gasteiger partial charge in [-0.1, -0.05) is 30.3 Å². The maximum Gasteiger partial charge on any atom is 0.273 e. The molecule has 3 aromatic rings. The number of benzene rings is 2. The Labute approximate surface area is 169 Å². The minimum absolute atomic E-state index is 0.129. The number of thiophene rings is 1. The number of nitrogens with zero attached hydrogens (tertiary/aromatic N) is 1. The number of rotatable bonds is 6. The predicted molar refractivity (Wildman–Crippen MR) is 113 cm³/mol. The van der Waals surface area contributed by atoms with Gasteiger partial charge in [0.1, 0.15) is 4.21 Å². The molecule has 2 aromatic carbocycles. The third-order valence-corrected chi connectivity index (χ3v) is 7.76. The SMILES string of the molecule is Cc1ccccc1[C@@H](C)NC(=O)c1ccc(N(C)S(=O)(=O)c2cccs2)cc1. The second-order valence-electron chi connectivity index (χ2n) is 6.50. The highest BCUT2D eigenvalue weighted by Gasteiger charge is 2.22. The zero-order valence-corrected chi connectivity index (χ0v) is 17.5. The van der Waals surface area contributed by atoms with Crippen LogP contribution in [0.3, 0.4) is 0 Å². The molecule has 0 saturated carbocycles. The lowest BCUT2D eigenvalue weighted by atomic mass is 10.0.